The van der Waals surface area contributed by atoms with Crippen LogP contribution in [0.2, 0.25) is 5.02 Å². The number of carbonyl (C=O) groups excluding carboxylic acids is 1. The average Bonchev–Trinajstić information content (AvgIpc) is 2.55. The van der Waals surface area contributed by atoms with Crippen molar-refractivity contribution in [2.24, 2.45) is 0 Å². The van der Waals surface area contributed by atoms with Crippen LogP contribution < -0.4 is 14.2 Å². The van der Waals surface area contributed by atoms with Crippen LogP contribution in [0.25, 0.3) is 6.08 Å². The molecule has 0 atom stereocenters. The lowest BCUT2D eigenvalue weighted by Gasteiger charge is -2.13. The summed E-state index contributed by atoms with van der Waals surface area (Å²) in [7, 11) is 1.57. The molecule has 0 unspecified atom stereocenters. The Labute approximate surface area is 146 Å². The van der Waals surface area contributed by atoms with Gasteiger partial charge in [0.05, 0.1) is 13.2 Å². The Kier molecular flexibility index (Phi) is 6.27. The van der Waals surface area contributed by atoms with Gasteiger partial charge in [-0.05, 0) is 61.9 Å². The number of carbonyl (C=O) groups is 1. The van der Waals surface area contributed by atoms with E-state index in [9.17, 15) is 4.79 Å². The van der Waals surface area contributed by atoms with E-state index in [2.05, 4.69) is 0 Å². The molecule has 0 aliphatic rings. The molecule has 4 nitrogen and oxygen atoms in total. The average molecular weight is 347 g/mol. The maximum absolute atomic E-state index is 11.8. The Balaban J connectivity index is 2.05. The van der Waals surface area contributed by atoms with Crippen molar-refractivity contribution in [1.82, 2.24) is 0 Å². The van der Waals surface area contributed by atoms with E-state index in [1.54, 1.807) is 43.5 Å². The zero-order chi connectivity index (χ0) is 17.5. The van der Waals surface area contributed by atoms with Gasteiger partial charge in [0.2, 0.25) is 0 Å². The van der Waals surface area contributed by atoms with Crippen LogP contribution in [0.3, 0.4) is 0 Å². The number of esters is 1. The van der Waals surface area contributed by atoms with Crippen molar-refractivity contribution in [2.45, 2.75) is 20.0 Å². The van der Waals surface area contributed by atoms with Gasteiger partial charge < -0.3 is 14.2 Å². The van der Waals surface area contributed by atoms with E-state index in [1.165, 1.54) is 6.08 Å². The highest BCUT2D eigenvalue weighted by atomic mass is 35.5. The van der Waals surface area contributed by atoms with Crippen molar-refractivity contribution in [2.75, 3.05) is 7.11 Å². The lowest BCUT2D eigenvalue weighted by atomic mass is 10.2. The van der Waals surface area contributed by atoms with Gasteiger partial charge in [-0.1, -0.05) is 17.7 Å². The van der Waals surface area contributed by atoms with Gasteiger partial charge in [-0.15, -0.1) is 0 Å². The smallest absolute Gasteiger partial charge is 0.336 e. The van der Waals surface area contributed by atoms with Crippen LogP contribution in [0.4, 0.5) is 0 Å². The SMILES string of the molecule is COc1cc(/C=C/C(=O)Oc2ccc(Cl)cc2)ccc1OC(C)C. The summed E-state index contributed by atoms with van der Waals surface area (Å²) in [5, 5.41) is 0.584. The molecular weight excluding hydrogens is 328 g/mol. The summed E-state index contributed by atoms with van der Waals surface area (Å²) >= 11 is 5.79. The molecule has 2 aromatic rings. The molecule has 0 saturated carbocycles. The number of halogens is 1. The summed E-state index contributed by atoms with van der Waals surface area (Å²) in [5.41, 5.74) is 0.802. The fraction of sp³-hybridized carbons (Fsp3) is 0.211. The van der Waals surface area contributed by atoms with Crippen LogP contribution in [0.5, 0.6) is 17.2 Å². The van der Waals surface area contributed by atoms with Crippen LogP contribution in [-0.4, -0.2) is 19.2 Å². The second kappa shape index (κ2) is 8.41. The van der Waals surface area contributed by atoms with Gasteiger partial charge in [0.25, 0.3) is 0 Å². The van der Waals surface area contributed by atoms with Crippen molar-refractivity contribution < 1.29 is 19.0 Å². The molecule has 0 aliphatic carbocycles. The van der Waals surface area contributed by atoms with Gasteiger partial charge >= 0.3 is 5.97 Å². The van der Waals surface area contributed by atoms with E-state index in [0.29, 0.717) is 22.3 Å². The maximum Gasteiger partial charge on any atom is 0.336 e. The minimum atomic E-state index is -0.473. The normalized spacial score (nSPS) is 10.9. The number of ether oxygens (including phenoxy) is 3. The highest BCUT2D eigenvalue weighted by Gasteiger charge is 2.07. The third-order valence-electron chi connectivity index (χ3n) is 2.99. The first-order chi connectivity index (χ1) is 11.5. The highest BCUT2D eigenvalue weighted by Crippen LogP contribution is 2.29. The monoisotopic (exact) mass is 346 g/mol. The summed E-state index contributed by atoms with van der Waals surface area (Å²) in [6, 6.07) is 12.0. The fourth-order valence-electron chi connectivity index (χ4n) is 1.96. The predicted octanol–water partition coefficient (Wildman–Crippen LogP) is 4.75. The highest BCUT2D eigenvalue weighted by molar-refractivity contribution is 6.30. The van der Waals surface area contributed by atoms with Crippen LogP contribution >= 0.6 is 11.6 Å². The standard InChI is InChI=1S/C19H19ClO4/c1-13(2)23-17-10-4-14(12-18(17)22-3)5-11-19(21)24-16-8-6-15(20)7-9-16/h4-13H,1-3H3/b11-5+. The van der Waals surface area contributed by atoms with Gasteiger partial charge in [0.1, 0.15) is 5.75 Å². The van der Waals surface area contributed by atoms with E-state index in [4.69, 9.17) is 25.8 Å². The molecule has 0 N–H and O–H groups in total. The molecule has 0 aliphatic heterocycles. The van der Waals surface area contributed by atoms with E-state index in [-0.39, 0.29) is 6.10 Å². The van der Waals surface area contributed by atoms with E-state index < -0.39 is 5.97 Å². The molecule has 0 saturated heterocycles. The third kappa shape index (κ3) is 5.32. The minimum absolute atomic E-state index is 0.0506. The number of benzene rings is 2. The third-order valence-corrected chi connectivity index (χ3v) is 3.25. The molecule has 2 aromatic carbocycles. The van der Waals surface area contributed by atoms with Crippen molar-refractivity contribution in [3.05, 3.63) is 59.1 Å². The molecule has 0 fully saturated rings. The quantitative estimate of drug-likeness (QED) is 0.430. The molecule has 0 aromatic heterocycles. The van der Waals surface area contributed by atoms with Gasteiger partial charge in [0, 0.05) is 11.1 Å². The van der Waals surface area contributed by atoms with Gasteiger partial charge in [0.15, 0.2) is 11.5 Å². The van der Waals surface area contributed by atoms with Crippen molar-refractivity contribution in [1.29, 1.82) is 0 Å². The fourth-order valence-corrected chi connectivity index (χ4v) is 2.08. The molecule has 2 rings (SSSR count). The first-order valence-electron chi connectivity index (χ1n) is 7.48. The Hall–Kier alpha value is -2.46. The number of hydrogen-bond donors (Lipinski definition) is 0. The Bertz CT molecular complexity index is 721. The Morgan fingerprint density at radius 3 is 2.42 bits per heavy atom. The zero-order valence-electron chi connectivity index (χ0n) is 13.8. The van der Waals surface area contributed by atoms with Gasteiger partial charge in [-0.2, -0.15) is 0 Å². The van der Waals surface area contributed by atoms with Crippen LogP contribution in [0.1, 0.15) is 19.4 Å². The second-order valence-electron chi connectivity index (χ2n) is 5.29. The van der Waals surface area contributed by atoms with Gasteiger partial charge in [-0.3, -0.25) is 0 Å². The first-order valence-corrected chi connectivity index (χ1v) is 7.86. The summed E-state index contributed by atoms with van der Waals surface area (Å²) < 4.78 is 16.2. The number of hydrogen-bond acceptors (Lipinski definition) is 4. The number of methoxy groups -OCH3 is 1. The molecule has 0 heterocycles. The lowest BCUT2D eigenvalue weighted by Crippen LogP contribution is -2.06. The second-order valence-corrected chi connectivity index (χ2v) is 5.72. The van der Waals surface area contributed by atoms with E-state index in [0.717, 1.165) is 5.56 Å². The molecule has 0 radical (unpaired) electrons. The molecule has 126 valence electrons. The topological polar surface area (TPSA) is 44.8 Å². The minimum Gasteiger partial charge on any atom is -0.493 e. The molecule has 0 amide bonds. The molecule has 5 heteroatoms. The first kappa shape index (κ1) is 17.9. The summed E-state index contributed by atoms with van der Waals surface area (Å²) in [6.45, 7) is 3.89. The molecule has 0 spiro atoms. The molecule has 0 bridgehead atoms. The van der Waals surface area contributed by atoms with Crippen LogP contribution in [-0.2, 0) is 4.79 Å². The van der Waals surface area contributed by atoms with Crippen molar-refractivity contribution in [3.8, 4) is 17.2 Å². The lowest BCUT2D eigenvalue weighted by molar-refractivity contribution is -0.128. The predicted molar refractivity (Wildman–Crippen MR) is 94.9 cm³/mol. The van der Waals surface area contributed by atoms with Crippen LogP contribution in [0.15, 0.2) is 48.5 Å². The summed E-state index contributed by atoms with van der Waals surface area (Å²) in [5.74, 6) is 1.23. The Morgan fingerprint density at radius 1 is 1.08 bits per heavy atom. The Morgan fingerprint density at radius 2 is 1.79 bits per heavy atom. The van der Waals surface area contributed by atoms with Crippen LogP contribution in [0, 0.1) is 0 Å². The summed E-state index contributed by atoms with van der Waals surface area (Å²) in [4.78, 5) is 11.8. The van der Waals surface area contributed by atoms with Crippen molar-refractivity contribution in [3.63, 3.8) is 0 Å². The molecule has 24 heavy (non-hydrogen) atoms. The number of rotatable bonds is 6. The maximum atomic E-state index is 11.8. The molecular formula is C19H19ClO4. The largest absolute Gasteiger partial charge is 0.493 e. The summed E-state index contributed by atoms with van der Waals surface area (Å²) in [6.07, 6.45) is 3.06. The van der Waals surface area contributed by atoms with Gasteiger partial charge in [-0.25, -0.2) is 4.79 Å². The zero-order valence-corrected chi connectivity index (χ0v) is 14.5. The van der Waals surface area contributed by atoms with E-state index in [1.807, 2.05) is 26.0 Å². The van der Waals surface area contributed by atoms with E-state index >= 15 is 0 Å². The van der Waals surface area contributed by atoms with Crippen molar-refractivity contribution >= 4 is 23.6 Å².